The van der Waals surface area contributed by atoms with Gasteiger partial charge in [0.15, 0.2) is 11.4 Å². The minimum atomic E-state index is -0.282. The zero-order chi connectivity index (χ0) is 31.3. The number of nitrogens with zero attached hydrogens (tertiary/aromatic N) is 3. The van der Waals surface area contributed by atoms with E-state index in [0.717, 1.165) is 77.9 Å². The molecule has 0 fully saturated rings. The molecule has 1 aliphatic rings. The summed E-state index contributed by atoms with van der Waals surface area (Å²) in [5.41, 5.74) is 12.3. The van der Waals surface area contributed by atoms with Crippen molar-refractivity contribution in [2.45, 2.75) is 19.3 Å². The smallest absolute Gasteiger partial charge is 0.160 e. The monoisotopic (exact) mass is 603 g/mol. The Balaban J connectivity index is 1.35. The van der Waals surface area contributed by atoms with E-state index < -0.39 is 0 Å². The van der Waals surface area contributed by atoms with Crippen LogP contribution in [0.2, 0.25) is 0 Å². The molecule has 0 saturated carbocycles. The maximum absolute atomic E-state index is 6.68. The van der Waals surface area contributed by atoms with Crippen molar-refractivity contribution < 1.29 is 4.42 Å². The van der Waals surface area contributed by atoms with E-state index in [1.807, 2.05) is 12.1 Å². The Kier molecular flexibility index (Phi) is 5.31. The highest BCUT2D eigenvalue weighted by molar-refractivity contribution is 6.21. The van der Waals surface area contributed by atoms with E-state index in [-0.39, 0.29) is 5.41 Å². The molecule has 0 N–H and O–H groups in total. The molecule has 0 unspecified atom stereocenters. The van der Waals surface area contributed by atoms with Gasteiger partial charge in [-0.25, -0.2) is 9.97 Å². The van der Waals surface area contributed by atoms with Crippen LogP contribution in [0, 0.1) is 0 Å². The van der Waals surface area contributed by atoms with Gasteiger partial charge in [-0.05, 0) is 35.4 Å². The summed E-state index contributed by atoms with van der Waals surface area (Å²) in [4.78, 5) is 10.7. The molecular formula is C43H29N3O. The van der Waals surface area contributed by atoms with Crippen molar-refractivity contribution in [1.82, 2.24) is 14.5 Å². The molecule has 10 rings (SSSR count). The van der Waals surface area contributed by atoms with Crippen LogP contribution in [0.5, 0.6) is 0 Å². The first-order valence-corrected chi connectivity index (χ1v) is 16.1. The second-order valence-corrected chi connectivity index (χ2v) is 13.0. The summed E-state index contributed by atoms with van der Waals surface area (Å²) >= 11 is 0. The van der Waals surface area contributed by atoms with E-state index in [1.54, 1.807) is 0 Å². The van der Waals surface area contributed by atoms with Gasteiger partial charge < -0.3 is 8.98 Å². The summed E-state index contributed by atoms with van der Waals surface area (Å²) in [5.74, 6) is 0.733. The molecule has 4 nitrogen and oxygen atoms in total. The Morgan fingerprint density at radius 1 is 0.574 bits per heavy atom. The first-order valence-electron chi connectivity index (χ1n) is 16.1. The van der Waals surface area contributed by atoms with Gasteiger partial charge in [0.2, 0.25) is 0 Å². The molecule has 9 aromatic rings. The molecule has 47 heavy (non-hydrogen) atoms. The lowest BCUT2D eigenvalue weighted by Crippen LogP contribution is -2.17. The maximum atomic E-state index is 6.68. The Morgan fingerprint density at radius 2 is 1.26 bits per heavy atom. The minimum Gasteiger partial charge on any atom is -0.454 e. The molecule has 0 spiro atoms. The molecule has 0 amide bonds. The van der Waals surface area contributed by atoms with Gasteiger partial charge in [0.25, 0.3) is 0 Å². The van der Waals surface area contributed by atoms with Crippen LogP contribution in [0.3, 0.4) is 0 Å². The highest BCUT2D eigenvalue weighted by Gasteiger charge is 2.40. The summed E-state index contributed by atoms with van der Waals surface area (Å²) in [6.45, 7) is 4.56. The quantitative estimate of drug-likeness (QED) is 0.202. The number of aromatic nitrogens is 3. The lowest BCUT2D eigenvalue weighted by atomic mass is 9.85. The zero-order valence-electron chi connectivity index (χ0n) is 26.0. The number of para-hydroxylation sites is 3. The van der Waals surface area contributed by atoms with Crippen LogP contribution >= 0.6 is 0 Å². The highest BCUT2D eigenvalue weighted by Crippen LogP contribution is 2.52. The predicted octanol–water partition coefficient (Wildman–Crippen LogP) is 11.1. The summed E-state index contributed by atoms with van der Waals surface area (Å²) < 4.78 is 9.06. The molecule has 0 radical (unpaired) electrons. The van der Waals surface area contributed by atoms with Crippen molar-refractivity contribution in [1.29, 1.82) is 0 Å². The van der Waals surface area contributed by atoms with Gasteiger partial charge in [-0.1, -0.05) is 129 Å². The molecule has 3 aromatic heterocycles. The van der Waals surface area contributed by atoms with E-state index in [4.69, 9.17) is 14.4 Å². The number of benzene rings is 6. The third-order valence-corrected chi connectivity index (χ3v) is 9.98. The average Bonchev–Trinajstić information content (AvgIpc) is 3.74. The van der Waals surface area contributed by atoms with Crippen LogP contribution in [-0.2, 0) is 5.41 Å². The average molecular weight is 604 g/mol. The lowest BCUT2D eigenvalue weighted by Gasteiger charge is -2.21. The van der Waals surface area contributed by atoms with Gasteiger partial charge in [-0.15, -0.1) is 0 Å². The number of rotatable bonds is 3. The van der Waals surface area contributed by atoms with E-state index >= 15 is 0 Å². The normalized spacial score (nSPS) is 13.5. The molecule has 222 valence electrons. The van der Waals surface area contributed by atoms with Crippen LogP contribution < -0.4 is 0 Å². The predicted molar refractivity (Wildman–Crippen MR) is 192 cm³/mol. The largest absolute Gasteiger partial charge is 0.454 e. The van der Waals surface area contributed by atoms with Crippen LogP contribution in [0.4, 0.5) is 0 Å². The topological polar surface area (TPSA) is 43.9 Å². The van der Waals surface area contributed by atoms with E-state index in [2.05, 4.69) is 146 Å². The van der Waals surface area contributed by atoms with E-state index in [9.17, 15) is 0 Å². The fourth-order valence-corrected chi connectivity index (χ4v) is 7.80. The first kappa shape index (κ1) is 26.2. The van der Waals surface area contributed by atoms with E-state index in [0.29, 0.717) is 0 Å². The SMILES string of the molecule is CC1(C)c2ccccc2-c2c(-c3ccccc3-n3c4ccccc4c4ccc5c6ccccc6oc5c43)nc(-c3ccccc3)nc21. The molecule has 0 saturated heterocycles. The summed E-state index contributed by atoms with van der Waals surface area (Å²) in [7, 11) is 0. The number of hydrogen-bond acceptors (Lipinski definition) is 3. The molecule has 1 aliphatic carbocycles. The number of hydrogen-bond donors (Lipinski definition) is 0. The van der Waals surface area contributed by atoms with Crippen molar-refractivity contribution in [2.24, 2.45) is 0 Å². The van der Waals surface area contributed by atoms with Crippen LogP contribution in [0.1, 0.15) is 25.1 Å². The van der Waals surface area contributed by atoms with Crippen molar-refractivity contribution in [3.05, 3.63) is 151 Å². The molecule has 3 heterocycles. The number of fused-ring (bicyclic) bond motifs is 10. The van der Waals surface area contributed by atoms with Crippen LogP contribution in [-0.4, -0.2) is 14.5 Å². The minimum absolute atomic E-state index is 0.282. The Morgan fingerprint density at radius 3 is 2.13 bits per heavy atom. The molecule has 0 aliphatic heterocycles. The second-order valence-electron chi connectivity index (χ2n) is 13.0. The fourth-order valence-electron chi connectivity index (χ4n) is 7.80. The Hall–Kier alpha value is -6.00. The van der Waals surface area contributed by atoms with Crippen molar-refractivity contribution in [3.8, 4) is 39.5 Å². The van der Waals surface area contributed by atoms with Crippen LogP contribution in [0.25, 0.3) is 83.2 Å². The lowest BCUT2D eigenvalue weighted by molar-refractivity contribution is 0.636. The van der Waals surface area contributed by atoms with Gasteiger partial charge in [-0.3, -0.25) is 0 Å². The third-order valence-electron chi connectivity index (χ3n) is 9.98. The van der Waals surface area contributed by atoms with Gasteiger partial charge in [0, 0.05) is 43.7 Å². The highest BCUT2D eigenvalue weighted by atomic mass is 16.3. The third kappa shape index (κ3) is 3.58. The summed E-state index contributed by atoms with van der Waals surface area (Å²) in [6.07, 6.45) is 0. The van der Waals surface area contributed by atoms with Crippen molar-refractivity contribution >= 4 is 43.7 Å². The van der Waals surface area contributed by atoms with E-state index in [1.165, 1.54) is 16.5 Å². The fraction of sp³-hybridized carbons (Fsp3) is 0.0698. The molecule has 0 atom stereocenters. The molecule has 0 bridgehead atoms. The Labute approximate surface area is 271 Å². The number of furan rings is 1. The summed E-state index contributed by atoms with van der Waals surface area (Å²) in [5, 5.41) is 4.57. The first-order chi connectivity index (χ1) is 23.1. The van der Waals surface area contributed by atoms with Gasteiger partial charge in [0.05, 0.1) is 28.1 Å². The van der Waals surface area contributed by atoms with Gasteiger partial charge >= 0.3 is 0 Å². The van der Waals surface area contributed by atoms with Crippen molar-refractivity contribution in [3.63, 3.8) is 0 Å². The van der Waals surface area contributed by atoms with Crippen molar-refractivity contribution in [2.75, 3.05) is 0 Å². The Bertz CT molecular complexity index is 2710. The standard InChI is InChI=1S/C43H29N3O/c1-43(2)33-20-10-6-18-31(33)37-38(44-42(45-41(37)43)26-14-4-3-5-15-26)32-19-8-12-22-35(32)46-34-21-11-7-16-27(34)29-24-25-30-28-17-9-13-23-36(28)47-40(30)39(29)46/h3-25H,1-2H3. The molecule has 6 aromatic carbocycles. The second kappa shape index (κ2) is 9.51. The van der Waals surface area contributed by atoms with Crippen LogP contribution in [0.15, 0.2) is 144 Å². The zero-order valence-corrected chi connectivity index (χ0v) is 26.0. The molecular weight excluding hydrogens is 574 g/mol. The molecule has 4 heteroatoms. The van der Waals surface area contributed by atoms with Gasteiger partial charge in [0.1, 0.15) is 5.58 Å². The summed E-state index contributed by atoms with van der Waals surface area (Å²) in [6, 6.07) is 49.1. The van der Waals surface area contributed by atoms with Gasteiger partial charge in [-0.2, -0.15) is 0 Å². The maximum Gasteiger partial charge on any atom is 0.160 e.